The number of aliphatic imine (C=N–C) groups is 1. The van der Waals surface area contributed by atoms with Gasteiger partial charge in [0.2, 0.25) is 0 Å². The standard InChI is InChI=1S/C22H21BrN2O4/c1-14-18(21(27)25(10-3-11-26)22(28)19(14)13-24-2)12-17-8-9-20(29-17)15-4-6-16(23)7-5-15/h4-9,12,26H,2-3,10-11,13H2,1H3/b18-12-. The van der Waals surface area contributed by atoms with Crippen molar-refractivity contribution in [2.75, 3.05) is 19.7 Å². The predicted octanol–water partition coefficient (Wildman–Crippen LogP) is 3.86. The Hall–Kier alpha value is -2.77. The lowest BCUT2D eigenvalue weighted by Crippen LogP contribution is -2.44. The molecule has 7 heteroatoms. The Morgan fingerprint density at radius 1 is 1.17 bits per heavy atom. The summed E-state index contributed by atoms with van der Waals surface area (Å²) in [6.45, 7) is 5.34. The monoisotopic (exact) mass is 456 g/mol. The number of carbonyl (C=O) groups excluding carboxylic acids is 2. The molecular weight excluding hydrogens is 436 g/mol. The molecule has 0 atom stereocenters. The summed E-state index contributed by atoms with van der Waals surface area (Å²) >= 11 is 3.41. The molecule has 0 saturated heterocycles. The molecular formula is C22H21BrN2O4. The van der Waals surface area contributed by atoms with Gasteiger partial charge in [0.15, 0.2) is 0 Å². The molecule has 1 aliphatic heterocycles. The lowest BCUT2D eigenvalue weighted by molar-refractivity contribution is -0.140. The van der Waals surface area contributed by atoms with Crippen LogP contribution in [0.3, 0.4) is 0 Å². The Labute approximate surface area is 177 Å². The van der Waals surface area contributed by atoms with Gasteiger partial charge in [-0.25, -0.2) is 0 Å². The van der Waals surface area contributed by atoms with E-state index < -0.39 is 5.91 Å². The number of hydrogen-bond donors (Lipinski definition) is 1. The fourth-order valence-electron chi connectivity index (χ4n) is 3.13. The first-order valence-electron chi connectivity index (χ1n) is 9.13. The van der Waals surface area contributed by atoms with Crippen molar-refractivity contribution < 1.29 is 19.1 Å². The largest absolute Gasteiger partial charge is 0.457 e. The zero-order valence-electron chi connectivity index (χ0n) is 16.0. The molecule has 0 bridgehead atoms. The van der Waals surface area contributed by atoms with Crippen LogP contribution in [0.2, 0.25) is 0 Å². The van der Waals surface area contributed by atoms with E-state index in [-0.39, 0.29) is 25.6 Å². The smallest absolute Gasteiger partial charge is 0.261 e. The third kappa shape index (κ3) is 4.46. The molecule has 0 spiro atoms. The van der Waals surface area contributed by atoms with Crippen molar-refractivity contribution >= 4 is 40.5 Å². The molecule has 29 heavy (non-hydrogen) atoms. The minimum Gasteiger partial charge on any atom is -0.457 e. The zero-order valence-corrected chi connectivity index (χ0v) is 17.6. The SMILES string of the molecule is C=NCC1=C(C)/C(=C/c2ccc(-c3ccc(Br)cc3)o2)C(=O)N(CCCO)C1=O. The van der Waals surface area contributed by atoms with Gasteiger partial charge in [-0.3, -0.25) is 19.5 Å². The first kappa shape index (κ1) is 21.0. The van der Waals surface area contributed by atoms with E-state index in [0.29, 0.717) is 34.7 Å². The third-order valence-corrected chi connectivity index (χ3v) is 5.22. The van der Waals surface area contributed by atoms with Crippen molar-refractivity contribution in [2.45, 2.75) is 13.3 Å². The average molecular weight is 457 g/mol. The quantitative estimate of drug-likeness (QED) is 0.389. The number of aliphatic hydroxyl groups excluding tert-OH is 1. The Kier molecular flexibility index (Phi) is 6.61. The number of hydrogen-bond acceptors (Lipinski definition) is 5. The van der Waals surface area contributed by atoms with Crippen molar-refractivity contribution in [2.24, 2.45) is 4.99 Å². The molecule has 1 aliphatic rings. The van der Waals surface area contributed by atoms with E-state index in [4.69, 9.17) is 9.52 Å². The minimum atomic E-state index is -0.407. The maximum atomic E-state index is 12.9. The Morgan fingerprint density at radius 2 is 1.90 bits per heavy atom. The number of benzene rings is 1. The molecule has 0 saturated carbocycles. The summed E-state index contributed by atoms with van der Waals surface area (Å²) in [5.41, 5.74) is 2.27. The molecule has 2 heterocycles. The molecule has 1 aromatic carbocycles. The molecule has 0 fully saturated rings. The van der Waals surface area contributed by atoms with Crippen LogP contribution in [-0.4, -0.2) is 48.2 Å². The van der Waals surface area contributed by atoms with Crippen LogP contribution in [0, 0.1) is 0 Å². The minimum absolute atomic E-state index is 0.109. The predicted molar refractivity (Wildman–Crippen MR) is 115 cm³/mol. The third-order valence-electron chi connectivity index (χ3n) is 4.69. The van der Waals surface area contributed by atoms with Gasteiger partial charge in [0.05, 0.1) is 6.54 Å². The second kappa shape index (κ2) is 9.15. The van der Waals surface area contributed by atoms with Crippen molar-refractivity contribution in [1.82, 2.24) is 4.90 Å². The summed E-state index contributed by atoms with van der Waals surface area (Å²) in [5.74, 6) is 0.388. The number of rotatable bonds is 7. The summed E-state index contributed by atoms with van der Waals surface area (Å²) in [6, 6.07) is 11.3. The number of amides is 2. The van der Waals surface area contributed by atoms with Gasteiger partial charge in [-0.15, -0.1) is 0 Å². The van der Waals surface area contributed by atoms with E-state index in [1.54, 1.807) is 19.1 Å². The van der Waals surface area contributed by atoms with Gasteiger partial charge in [-0.1, -0.05) is 28.1 Å². The number of carbonyl (C=O) groups is 2. The number of aliphatic hydroxyl groups is 1. The Morgan fingerprint density at radius 3 is 2.55 bits per heavy atom. The molecule has 150 valence electrons. The maximum absolute atomic E-state index is 12.9. The fraction of sp³-hybridized carbons (Fsp3) is 0.227. The van der Waals surface area contributed by atoms with E-state index in [9.17, 15) is 9.59 Å². The Balaban J connectivity index is 1.99. The normalized spacial score (nSPS) is 16.1. The summed E-state index contributed by atoms with van der Waals surface area (Å²) in [7, 11) is 0. The van der Waals surface area contributed by atoms with Gasteiger partial charge in [0.25, 0.3) is 11.8 Å². The summed E-state index contributed by atoms with van der Waals surface area (Å²) in [4.78, 5) is 30.6. The molecule has 6 nitrogen and oxygen atoms in total. The van der Waals surface area contributed by atoms with Crippen molar-refractivity contribution in [3.05, 3.63) is 63.4 Å². The number of halogens is 1. The van der Waals surface area contributed by atoms with E-state index in [1.807, 2.05) is 30.3 Å². The second-order valence-electron chi connectivity index (χ2n) is 6.59. The van der Waals surface area contributed by atoms with Crippen LogP contribution in [0.1, 0.15) is 19.1 Å². The van der Waals surface area contributed by atoms with Crippen molar-refractivity contribution in [3.8, 4) is 11.3 Å². The fourth-order valence-corrected chi connectivity index (χ4v) is 3.39. The Bertz CT molecular complexity index is 1000. The van der Waals surface area contributed by atoms with Crippen LogP contribution in [-0.2, 0) is 9.59 Å². The van der Waals surface area contributed by atoms with E-state index in [2.05, 4.69) is 27.6 Å². The molecule has 3 rings (SSSR count). The summed E-state index contributed by atoms with van der Waals surface area (Å²) < 4.78 is 6.87. The van der Waals surface area contributed by atoms with Crippen molar-refractivity contribution in [3.63, 3.8) is 0 Å². The van der Waals surface area contributed by atoms with Gasteiger partial charge >= 0.3 is 0 Å². The zero-order chi connectivity index (χ0) is 21.0. The van der Waals surface area contributed by atoms with Crippen LogP contribution >= 0.6 is 15.9 Å². The summed E-state index contributed by atoms with van der Waals surface area (Å²) in [6.07, 6.45) is 1.95. The number of furan rings is 1. The molecule has 0 aliphatic carbocycles. The highest BCUT2D eigenvalue weighted by molar-refractivity contribution is 9.10. The molecule has 2 aromatic rings. The number of imide groups is 1. The molecule has 1 N–H and O–H groups in total. The molecule has 2 amide bonds. The summed E-state index contributed by atoms with van der Waals surface area (Å²) in [5, 5.41) is 9.10. The average Bonchev–Trinajstić information content (AvgIpc) is 3.18. The molecule has 1 aromatic heterocycles. The van der Waals surface area contributed by atoms with E-state index in [1.165, 1.54) is 0 Å². The lowest BCUT2D eigenvalue weighted by Gasteiger charge is -2.29. The van der Waals surface area contributed by atoms with Gasteiger partial charge in [0.1, 0.15) is 11.5 Å². The highest BCUT2D eigenvalue weighted by atomic mass is 79.9. The first-order chi connectivity index (χ1) is 14.0. The van der Waals surface area contributed by atoms with Crippen LogP contribution in [0.4, 0.5) is 0 Å². The van der Waals surface area contributed by atoms with Gasteiger partial charge in [-0.2, -0.15) is 0 Å². The van der Waals surface area contributed by atoms with E-state index in [0.717, 1.165) is 14.9 Å². The molecule has 0 unspecified atom stereocenters. The first-order valence-corrected chi connectivity index (χ1v) is 9.92. The van der Waals surface area contributed by atoms with Crippen molar-refractivity contribution in [1.29, 1.82) is 0 Å². The van der Waals surface area contributed by atoms with Gasteiger partial charge < -0.3 is 9.52 Å². The topological polar surface area (TPSA) is 83.1 Å². The highest BCUT2D eigenvalue weighted by Gasteiger charge is 2.34. The van der Waals surface area contributed by atoms with Crippen LogP contribution < -0.4 is 0 Å². The van der Waals surface area contributed by atoms with Gasteiger partial charge in [0, 0.05) is 34.3 Å². The van der Waals surface area contributed by atoms with Crippen LogP contribution in [0.15, 0.2) is 67.0 Å². The second-order valence-corrected chi connectivity index (χ2v) is 7.51. The van der Waals surface area contributed by atoms with Crippen LogP contribution in [0.5, 0.6) is 0 Å². The van der Waals surface area contributed by atoms with Crippen LogP contribution in [0.25, 0.3) is 17.4 Å². The molecule has 0 radical (unpaired) electrons. The highest BCUT2D eigenvalue weighted by Crippen LogP contribution is 2.30. The van der Waals surface area contributed by atoms with E-state index >= 15 is 0 Å². The maximum Gasteiger partial charge on any atom is 0.261 e. The lowest BCUT2D eigenvalue weighted by atomic mass is 9.94. The number of nitrogens with zero attached hydrogens (tertiary/aromatic N) is 2. The van der Waals surface area contributed by atoms with Gasteiger partial charge in [-0.05, 0) is 56.0 Å².